The molecule has 0 radical (unpaired) electrons. The number of aryl methyl sites for hydroxylation is 1. The van der Waals surface area contributed by atoms with E-state index in [9.17, 15) is 5.11 Å². The minimum Gasteiger partial charge on any atom is -0.393 e. The highest BCUT2D eigenvalue weighted by Crippen LogP contribution is 2.49. The Morgan fingerprint density at radius 3 is 2.95 bits per heavy atom. The van der Waals surface area contributed by atoms with Gasteiger partial charge in [0, 0.05) is 29.1 Å². The number of aromatic nitrogens is 1. The normalized spacial score (nSPS) is 28.9. The first kappa shape index (κ1) is 12.2. The molecule has 0 bridgehead atoms. The van der Waals surface area contributed by atoms with E-state index in [4.69, 9.17) is 0 Å². The van der Waals surface area contributed by atoms with Gasteiger partial charge in [0.05, 0.1) is 6.10 Å². The van der Waals surface area contributed by atoms with Gasteiger partial charge in [-0.2, -0.15) is 0 Å². The van der Waals surface area contributed by atoms with Crippen molar-refractivity contribution in [2.24, 2.45) is 7.05 Å². The monoisotopic (exact) mass is 267 g/mol. The zero-order valence-electron chi connectivity index (χ0n) is 12.2. The molecule has 1 aromatic heterocycles. The molecular formula is C18H21NO. The van der Waals surface area contributed by atoms with E-state index in [1.807, 2.05) is 0 Å². The lowest BCUT2D eigenvalue weighted by molar-refractivity contribution is 0.128. The number of allylic oxidation sites excluding steroid dienone is 1. The Morgan fingerprint density at radius 1 is 1.30 bits per heavy atom. The highest BCUT2D eigenvalue weighted by atomic mass is 16.3. The van der Waals surface area contributed by atoms with Gasteiger partial charge in [0.2, 0.25) is 0 Å². The molecule has 0 spiro atoms. The van der Waals surface area contributed by atoms with Crippen LogP contribution in [0.5, 0.6) is 0 Å². The molecule has 1 fully saturated rings. The van der Waals surface area contributed by atoms with Gasteiger partial charge in [-0.3, -0.25) is 0 Å². The van der Waals surface area contributed by atoms with Crippen molar-refractivity contribution in [2.75, 3.05) is 0 Å². The van der Waals surface area contributed by atoms with Crippen molar-refractivity contribution >= 4 is 10.9 Å². The molecule has 20 heavy (non-hydrogen) atoms. The Balaban J connectivity index is 1.99. The lowest BCUT2D eigenvalue weighted by Gasteiger charge is -2.42. The van der Waals surface area contributed by atoms with Crippen molar-refractivity contribution < 1.29 is 5.11 Å². The lowest BCUT2D eigenvalue weighted by Crippen LogP contribution is -2.37. The summed E-state index contributed by atoms with van der Waals surface area (Å²) >= 11 is 0. The third-order valence-corrected chi connectivity index (χ3v) is 5.43. The molecule has 0 unspecified atom stereocenters. The summed E-state index contributed by atoms with van der Waals surface area (Å²) in [4.78, 5) is 0. The van der Waals surface area contributed by atoms with Crippen molar-refractivity contribution in [1.29, 1.82) is 0 Å². The van der Waals surface area contributed by atoms with Gasteiger partial charge in [0.25, 0.3) is 0 Å². The number of aliphatic hydroxyl groups excluding tert-OH is 1. The van der Waals surface area contributed by atoms with Crippen molar-refractivity contribution in [3.63, 3.8) is 0 Å². The molecule has 2 nitrogen and oxygen atoms in total. The zero-order valence-corrected chi connectivity index (χ0v) is 12.2. The van der Waals surface area contributed by atoms with E-state index in [1.54, 1.807) is 0 Å². The van der Waals surface area contributed by atoms with Gasteiger partial charge in [-0.05, 0) is 37.3 Å². The largest absolute Gasteiger partial charge is 0.393 e. The quantitative estimate of drug-likeness (QED) is 0.727. The fraction of sp³-hybridized carbons (Fsp3) is 0.444. The third-order valence-electron chi connectivity index (χ3n) is 5.43. The second kappa shape index (κ2) is 3.98. The molecule has 2 aromatic rings. The third kappa shape index (κ3) is 1.43. The highest BCUT2D eigenvalue weighted by Gasteiger charge is 2.42. The summed E-state index contributed by atoms with van der Waals surface area (Å²) in [6, 6.07) is 8.71. The van der Waals surface area contributed by atoms with Crippen LogP contribution >= 0.6 is 0 Å². The van der Waals surface area contributed by atoms with E-state index < -0.39 is 0 Å². The lowest BCUT2D eigenvalue weighted by atomic mass is 9.65. The van der Waals surface area contributed by atoms with Crippen molar-refractivity contribution in [3.8, 4) is 0 Å². The van der Waals surface area contributed by atoms with Gasteiger partial charge >= 0.3 is 0 Å². The number of benzene rings is 1. The Hall–Kier alpha value is -1.54. The summed E-state index contributed by atoms with van der Waals surface area (Å²) < 4.78 is 2.38. The maximum absolute atomic E-state index is 9.97. The molecule has 4 rings (SSSR count). The minimum absolute atomic E-state index is 0.112. The van der Waals surface area contributed by atoms with Gasteiger partial charge < -0.3 is 9.67 Å². The fourth-order valence-corrected chi connectivity index (χ4v) is 4.38. The molecule has 2 aliphatic rings. The SMILES string of the molecule is Cn1c2c(c3ccccc31)CC=C1C[C@@H](O)CC[C@@]12C. The second-order valence-electron chi connectivity index (χ2n) is 6.57. The highest BCUT2D eigenvalue weighted by molar-refractivity contribution is 5.87. The first-order valence-corrected chi connectivity index (χ1v) is 7.55. The molecule has 1 aromatic carbocycles. The van der Waals surface area contributed by atoms with Crippen molar-refractivity contribution in [3.05, 3.63) is 47.2 Å². The van der Waals surface area contributed by atoms with Crippen LogP contribution in [0.1, 0.15) is 37.4 Å². The molecule has 0 amide bonds. The number of aliphatic hydroxyl groups is 1. The van der Waals surface area contributed by atoms with E-state index in [1.165, 1.54) is 27.7 Å². The summed E-state index contributed by atoms with van der Waals surface area (Å²) in [5.41, 5.74) is 5.85. The number of rotatable bonds is 0. The van der Waals surface area contributed by atoms with Crippen LogP contribution in [0.15, 0.2) is 35.9 Å². The predicted octanol–water partition coefficient (Wildman–Crippen LogP) is 3.46. The Labute approximate surface area is 119 Å². The van der Waals surface area contributed by atoms with Gasteiger partial charge in [-0.15, -0.1) is 0 Å². The molecule has 1 N–H and O–H groups in total. The predicted molar refractivity (Wildman–Crippen MR) is 81.9 cm³/mol. The second-order valence-corrected chi connectivity index (χ2v) is 6.57. The van der Waals surface area contributed by atoms with Crippen molar-refractivity contribution in [2.45, 2.75) is 44.1 Å². The van der Waals surface area contributed by atoms with Crippen LogP contribution in [-0.2, 0) is 18.9 Å². The average molecular weight is 267 g/mol. The number of nitrogens with zero attached hydrogens (tertiary/aromatic N) is 1. The van der Waals surface area contributed by atoms with Crippen LogP contribution in [-0.4, -0.2) is 15.8 Å². The summed E-state index contributed by atoms with van der Waals surface area (Å²) in [5, 5.41) is 11.4. The molecular weight excluding hydrogens is 246 g/mol. The molecule has 1 heterocycles. The molecule has 2 aliphatic carbocycles. The van der Waals surface area contributed by atoms with Crippen LogP contribution < -0.4 is 0 Å². The summed E-state index contributed by atoms with van der Waals surface area (Å²) in [6.45, 7) is 2.36. The maximum atomic E-state index is 9.97. The van der Waals surface area contributed by atoms with Crippen LogP contribution in [0, 0.1) is 0 Å². The number of fused-ring (bicyclic) bond motifs is 5. The topological polar surface area (TPSA) is 25.2 Å². The molecule has 0 saturated heterocycles. The van der Waals surface area contributed by atoms with E-state index in [-0.39, 0.29) is 11.5 Å². The number of hydrogen-bond acceptors (Lipinski definition) is 1. The van der Waals surface area contributed by atoms with Crippen LogP contribution in [0.4, 0.5) is 0 Å². The Bertz CT molecular complexity index is 724. The summed E-state index contributed by atoms with van der Waals surface area (Å²) in [5.74, 6) is 0. The van der Waals surface area contributed by atoms with Crippen LogP contribution in [0.3, 0.4) is 0 Å². The van der Waals surface area contributed by atoms with Gasteiger partial charge in [-0.1, -0.05) is 36.8 Å². The summed E-state index contributed by atoms with van der Waals surface area (Å²) in [7, 11) is 2.19. The number of para-hydroxylation sites is 1. The smallest absolute Gasteiger partial charge is 0.0578 e. The molecule has 2 heteroatoms. The van der Waals surface area contributed by atoms with Crippen LogP contribution in [0.25, 0.3) is 10.9 Å². The molecule has 0 aliphatic heterocycles. The van der Waals surface area contributed by atoms with E-state index in [0.717, 1.165) is 25.7 Å². The zero-order chi connectivity index (χ0) is 13.9. The van der Waals surface area contributed by atoms with Crippen LogP contribution in [0.2, 0.25) is 0 Å². The van der Waals surface area contributed by atoms with E-state index in [2.05, 4.69) is 48.9 Å². The standard InChI is InChI=1S/C18H21NO/c1-18-10-9-13(20)11-12(18)7-8-15-14-5-3-4-6-16(14)19(2)17(15)18/h3-7,13,20H,8-11H2,1-2H3/t13-,18-/m0/s1. The maximum Gasteiger partial charge on any atom is 0.0578 e. The van der Waals surface area contributed by atoms with Gasteiger partial charge in [0.1, 0.15) is 0 Å². The fourth-order valence-electron chi connectivity index (χ4n) is 4.38. The van der Waals surface area contributed by atoms with E-state index in [0.29, 0.717) is 0 Å². The number of hydrogen-bond donors (Lipinski definition) is 1. The molecule has 2 atom stereocenters. The van der Waals surface area contributed by atoms with Gasteiger partial charge in [-0.25, -0.2) is 0 Å². The first-order valence-electron chi connectivity index (χ1n) is 7.55. The Kier molecular flexibility index (Phi) is 2.43. The molecule has 104 valence electrons. The van der Waals surface area contributed by atoms with Gasteiger partial charge in [0.15, 0.2) is 0 Å². The summed E-state index contributed by atoms with van der Waals surface area (Å²) in [6.07, 6.45) is 6.04. The van der Waals surface area contributed by atoms with E-state index >= 15 is 0 Å². The molecule has 1 saturated carbocycles. The minimum atomic E-state index is -0.148. The Morgan fingerprint density at radius 2 is 2.10 bits per heavy atom. The first-order chi connectivity index (χ1) is 9.61. The average Bonchev–Trinajstić information content (AvgIpc) is 2.75. The van der Waals surface area contributed by atoms with Crippen molar-refractivity contribution in [1.82, 2.24) is 4.57 Å².